The molecule has 0 unspecified atom stereocenters. The van der Waals surface area contributed by atoms with Gasteiger partial charge in [0.2, 0.25) is 5.95 Å². The van der Waals surface area contributed by atoms with Gasteiger partial charge < -0.3 is 10.6 Å². The summed E-state index contributed by atoms with van der Waals surface area (Å²) in [6.07, 6.45) is 2.73. The molecule has 0 aliphatic heterocycles. The largest absolute Gasteiger partial charge is 0.418 e. The molecule has 0 radical (unpaired) electrons. The van der Waals surface area contributed by atoms with Gasteiger partial charge in [0.1, 0.15) is 5.82 Å². The fourth-order valence-corrected chi connectivity index (χ4v) is 3.63. The van der Waals surface area contributed by atoms with Gasteiger partial charge in [0.25, 0.3) is 0 Å². The molecule has 2 N–H and O–H groups in total. The number of pyridine rings is 1. The third-order valence-electron chi connectivity index (χ3n) is 5.09. The first kappa shape index (κ1) is 20.1. The summed E-state index contributed by atoms with van der Waals surface area (Å²) in [4.78, 5) is 13.3. The van der Waals surface area contributed by atoms with Gasteiger partial charge in [-0.2, -0.15) is 18.2 Å². The highest BCUT2D eigenvalue weighted by molar-refractivity contribution is 5.67. The number of anilines is 3. The van der Waals surface area contributed by atoms with Gasteiger partial charge in [-0.25, -0.2) is 4.98 Å². The lowest BCUT2D eigenvalue weighted by molar-refractivity contribution is -0.136. The molecular formula is C22H22F3N5. The fourth-order valence-electron chi connectivity index (χ4n) is 3.63. The molecular weight excluding hydrogens is 391 g/mol. The highest BCUT2D eigenvalue weighted by atomic mass is 19.4. The van der Waals surface area contributed by atoms with Gasteiger partial charge in [-0.1, -0.05) is 37.5 Å². The van der Waals surface area contributed by atoms with E-state index in [9.17, 15) is 13.2 Å². The van der Waals surface area contributed by atoms with E-state index >= 15 is 0 Å². The Morgan fingerprint density at radius 1 is 0.867 bits per heavy atom. The zero-order valence-electron chi connectivity index (χ0n) is 16.3. The summed E-state index contributed by atoms with van der Waals surface area (Å²) in [5.74, 6) is 0.665. The van der Waals surface area contributed by atoms with Crippen molar-refractivity contribution < 1.29 is 13.2 Å². The van der Waals surface area contributed by atoms with Crippen LogP contribution in [0.3, 0.4) is 0 Å². The highest BCUT2D eigenvalue weighted by Crippen LogP contribution is 2.36. The van der Waals surface area contributed by atoms with Gasteiger partial charge in [-0.3, -0.25) is 4.98 Å². The Labute approximate surface area is 172 Å². The second-order valence-corrected chi connectivity index (χ2v) is 7.32. The molecule has 8 heteroatoms. The van der Waals surface area contributed by atoms with E-state index in [1.807, 2.05) is 6.07 Å². The molecule has 1 aliphatic carbocycles. The molecule has 1 saturated carbocycles. The smallest absolute Gasteiger partial charge is 0.351 e. The number of halogens is 3. The highest BCUT2D eigenvalue weighted by Gasteiger charge is 2.33. The first-order chi connectivity index (χ1) is 14.5. The van der Waals surface area contributed by atoms with Crippen molar-refractivity contribution in [2.24, 2.45) is 0 Å². The normalized spacial score (nSPS) is 15.0. The van der Waals surface area contributed by atoms with Gasteiger partial charge in [-0.05, 0) is 37.1 Å². The minimum absolute atomic E-state index is 0.0562. The lowest BCUT2D eigenvalue weighted by atomic mass is 9.96. The molecule has 1 aromatic carbocycles. The van der Waals surface area contributed by atoms with E-state index in [0.717, 1.165) is 31.7 Å². The van der Waals surface area contributed by atoms with Gasteiger partial charge in [0, 0.05) is 18.3 Å². The Bertz CT molecular complexity index is 986. The van der Waals surface area contributed by atoms with Crippen molar-refractivity contribution in [2.75, 3.05) is 10.6 Å². The summed E-state index contributed by atoms with van der Waals surface area (Å²) in [7, 11) is 0. The van der Waals surface area contributed by atoms with E-state index in [1.54, 1.807) is 30.5 Å². The third kappa shape index (κ3) is 4.87. The van der Waals surface area contributed by atoms with Crippen LogP contribution in [-0.4, -0.2) is 21.0 Å². The van der Waals surface area contributed by atoms with Crippen LogP contribution in [0.25, 0.3) is 11.4 Å². The van der Waals surface area contributed by atoms with Crippen molar-refractivity contribution in [3.63, 3.8) is 0 Å². The number of benzene rings is 1. The minimum atomic E-state index is -4.47. The summed E-state index contributed by atoms with van der Waals surface area (Å²) < 4.78 is 40.2. The van der Waals surface area contributed by atoms with Gasteiger partial charge >= 0.3 is 6.18 Å². The number of nitrogens with zero attached hydrogens (tertiary/aromatic N) is 3. The quantitative estimate of drug-likeness (QED) is 0.533. The van der Waals surface area contributed by atoms with Crippen molar-refractivity contribution in [1.29, 1.82) is 0 Å². The molecule has 0 bridgehead atoms. The first-order valence-electron chi connectivity index (χ1n) is 9.99. The Morgan fingerprint density at radius 3 is 2.37 bits per heavy atom. The average molecular weight is 413 g/mol. The van der Waals surface area contributed by atoms with Crippen LogP contribution in [-0.2, 0) is 6.18 Å². The fraction of sp³-hybridized carbons (Fsp3) is 0.318. The Kier molecular flexibility index (Phi) is 5.83. The van der Waals surface area contributed by atoms with Crippen LogP contribution >= 0.6 is 0 Å². The lowest BCUT2D eigenvalue weighted by Crippen LogP contribution is -2.23. The van der Waals surface area contributed by atoms with Crippen LogP contribution in [0.2, 0.25) is 0 Å². The molecule has 5 nitrogen and oxygen atoms in total. The van der Waals surface area contributed by atoms with E-state index in [1.165, 1.54) is 18.6 Å². The maximum absolute atomic E-state index is 13.4. The van der Waals surface area contributed by atoms with E-state index in [0.29, 0.717) is 17.3 Å². The average Bonchev–Trinajstić information content (AvgIpc) is 2.74. The molecule has 3 aromatic rings. The van der Waals surface area contributed by atoms with E-state index < -0.39 is 11.7 Å². The van der Waals surface area contributed by atoms with Crippen LogP contribution < -0.4 is 10.6 Å². The molecule has 0 spiro atoms. The van der Waals surface area contributed by atoms with Crippen LogP contribution in [0.1, 0.15) is 37.7 Å². The molecule has 2 aromatic heterocycles. The summed E-state index contributed by atoms with van der Waals surface area (Å²) in [6.45, 7) is 0. The predicted molar refractivity (Wildman–Crippen MR) is 110 cm³/mol. The minimum Gasteiger partial charge on any atom is -0.351 e. The van der Waals surface area contributed by atoms with E-state index in [2.05, 4.69) is 25.6 Å². The molecule has 2 heterocycles. The molecule has 30 heavy (non-hydrogen) atoms. The number of hydrogen-bond acceptors (Lipinski definition) is 5. The molecule has 156 valence electrons. The summed E-state index contributed by atoms with van der Waals surface area (Å²) in [6, 6.07) is 12.7. The van der Waals surface area contributed by atoms with Crippen LogP contribution in [0.15, 0.2) is 54.7 Å². The van der Waals surface area contributed by atoms with Gasteiger partial charge in [0.15, 0.2) is 0 Å². The van der Waals surface area contributed by atoms with Crippen LogP contribution in [0, 0.1) is 0 Å². The van der Waals surface area contributed by atoms with Gasteiger partial charge in [-0.15, -0.1) is 0 Å². The topological polar surface area (TPSA) is 62.7 Å². The van der Waals surface area contributed by atoms with Crippen molar-refractivity contribution in [3.8, 4) is 11.4 Å². The number of alkyl halides is 3. The maximum Gasteiger partial charge on any atom is 0.418 e. The second kappa shape index (κ2) is 8.69. The number of aromatic nitrogens is 3. The van der Waals surface area contributed by atoms with Crippen LogP contribution in [0.5, 0.6) is 0 Å². The second-order valence-electron chi connectivity index (χ2n) is 7.32. The Balaban J connectivity index is 1.69. The Hall–Kier alpha value is -3.16. The van der Waals surface area contributed by atoms with Crippen molar-refractivity contribution in [2.45, 2.75) is 44.3 Å². The summed E-state index contributed by atoms with van der Waals surface area (Å²) in [5, 5.41) is 6.18. The maximum atomic E-state index is 13.4. The molecule has 0 amide bonds. The van der Waals surface area contributed by atoms with Gasteiger partial charge in [0.05, 0.1) is 22.6 Å². The summed E-state index contributed by atoms with van der Waals surface area (Å²) in [5.41, 5.74) is 0.360. The monoisotopic (exact) mass is 413 g/mol. The number of para-hydroxylation sites is 1. The predicted octanol–water partition coefficient (Wildman–Crippen LogP) is 6.05. The molecule has 1 aliphatic rings. The standard InChI is InChI=1S/C22H22F3N5/c23-22(24,25)16-10-4-5-11-17(16)28-20-14-19(18-12-6-7-13-26-18)29-21(30-20)27-15-8-2-1-3-9-15/h4-7,10-15H,1-3,8-9H2,(H2,27,28,29,30). The molecule has 0 atom stereocenters. The number of rotatable bonds is 5. The molecule has 4 rings (SSSR count). The van der Waals surface area contributed by atoms with Crippen LogP contribution in [0.4, 0.5) is 30.6 Å². The zero-order valence-corrected chi connectivity index (χ0v) is 16.3. The van der Waals surface area contributed by atoms with E-state index in [-0.39, 0.29) is 17.5 Å². The lowest BCUT2D eigenvalue weighted by Gasteiger charge is -2.23. The first-order valence-corrected chi connectivity index (χ1v) is 9.99. The Morgan fingerprint density at radius 2 is 1.63 bits per heavy atom. The van der Waals surface area contributed by atoms with Crippen molar-refractivity contribution in [1.82, 2.24) is 15.0 Å². The van der Waals surface area contributed by atoms with E-state index in [4.69, 9.17) is 0 Å². The van der Waals surface area contributed by atoms with Crippen molar-refractivity contribution in [3.05, 3.63) is 60.3 Å². The summed E-state index contributed by atoms with van der Waals surface area (Å²) >= 11 is 0. The SMILES string of the molecule is FC(F)(F)c1ccccc1Nc1cc(-c2ccccn2)nc(NC2CCCCC2)n1. The number of hydrogen-bond donors (Lipinski definition) is 2. The molecule has 0 saturated heterocycles. The third-order valence-corrected chi connectivity index (χ3v) is 5.09. The zero-order chi connectivity index (χ0) is 21.0. The number of nitrogens with one attached hydrogen (secondary N) is 2. The molecule has 1 fully saturated rings. The van der Waals surface area contributed by atoms with Crippen molar-refractivity contribution >= 4 is 17.5 Å².